The molecule has 1 heterocycles. The molecule has 5 nitrogen and oxygen atoms in total. The molecule has 1 aromatic carbocycles. The zero-order valence-corrected chi connectivity index (χ0v) is 11.0. The van der Waals surface area contributed by atoms with Crippen molar-refractivity contribution in [1.29, 1.82) is 0 Å². The molecule has 0 spiro atoms. The molecular formula is C14H14NO4-. The predicted octanol–water partition coefficient (Wildman–Crippen LogP) is 0.366. The van der Waals surface area contributed by atoms with E-state index in [1.807, 2.05) is 0 Å². The van der Waals surface area contributed by atoms with Gasteiger partial charge in [-0.3, -0.25) is 14.5 Å². The second kappa shape index (κ2) is 4.50. The first-order valence-corrected chi connectivity index (χ1v) is 6.04. The second-order valence-corrected chi connectivity index (χ2v) is 5.04. The summed E-state index contributed by atoms with van der Waals surface area (Å²) in [7, 11) is 0. The number of fused-ring (bicyclic) bond motifs is 1. The van der Waals surface area contributed by atoms with E-state index in [4.69, 9.17) is 0 Å². The van der Waals surface area contributed by atoms with Crippen LogP contribution in [0, 0.1) is 12.8 Å². The van der Waals surface area contributed by atoms with E-state index < -0.39 is 29.7 Å². The first kappa shape index (κ1) is 13.3. The van der Waals surface area contributed by atoms with Crippen LogP contribution < -0.4 is 5.11 Å². The van der Waals surface area contributed by atoms with Crippen molar-refractivity contribution in [2.45, 2.75) is 26.8 Å². The number of imide groups is 1. The van der Waals surface area contributed by atoms with Crippen LogP contribution in [0.1, 0.15) is 40.1 Å². The maximum Gasteiger partial charge on any atom is 0.262 e. The van der Waals surface area contributed by atoms with Crippen molar-refractivity contribution in [2.24, 2.45) is 5.92 Å². The van der Waals surface area contributed by atoms with Gasteiger partial charge in [-0.2, -0.15) is 0 Å². The lowest BCUT2D eigenvalue weighted by molar-refractivity contribution is -0.311. The maximum atomic E-state index is 12.2. The number of carboxylic acid groups (broad SMARTS) is 1. The molecule has 19 heavy (non-hydrogen) atoms. The van der Waals surface area contributed by atoms with Gasteiger partial charge in [-0.1, -0.05) is 25.5 Å². The summed E-state index contributed by atoms with van der Waals surface area (Å²) in [6.45, 7) is 5.07. The number of carboxylic acids is 1. The molecule has 1 aliphatic heterocycles. The van der Waals surface area contributed by atoms with Gasteiger partial charge in [0.15, 0.2) is 0 Å². The van der Waals surface area contributed by atoms with Crippen LogP contribution >= 0.6 is 0 Å². The molecule has 1 atom stereocenters. The number of carbonyl (C=O) groups is 3. The molecule has 100 valence electrons. The minimum atomic E-state index is -1.42. The lowest BCUT2D eigenvalue weighted by Crippen LogP contribution is -2.53. The molecule has 2 rings (SSSR count). The third-order valence-corrected chi connectivity index (χ3v) is 3.22. The first-order chi connectivity index (χ1) is 8.84. The summed E-state index contributed by atoms with van der Waals surface area (Å²) in [6, 6.07) is 3.63. The van der Waals surface area contributed by atoms with Gasteiger partial charge < -0.3 is 9.90 Å². The Morgan fingerprint density at radius 2 is 1.74 bits per heavy atom. The number of nitrogens with zero attached hydrogens (tertiary/aromatic N) is 1. The minimum absolute atomic E-state index is 0.252. The van der Waals surface area contributed by atoms with Gasteiger partial charge in [0, 0.05) is 0 Å². The molecule has 0 aliphatic carbocycles. The zero-order valence-electron chi connectivity index (χ0n) is 11.0. The highest BCUT2D eigenvalue weighted by Gasteiger charge is 2.41. The normalized spacial score (nSPS) is 15.9. The average Bonchev–Trinajstić information content (AvgIpc) is 2.53. The van der Waals surface area contributed by atoms with E-state index in [0.717, 1.165) is 10.5 Å². The molecule has 0 N–H and O–H groups in total. The van der Waals surface area contributed by atoms with E-state index in [2.05, 4.69) is 0 Å². The summed E-state index contributed by atoms with van der Waals surface area (Å²) in [5.41, 5.74) is 1.36. The third kappa shape index (κ3) is 2.01. The SMILES string of the molecule is Cc1ccc2c(c1)C(=O)N([C@H](C(=O)[O-])C(C)C)C2=O. The lowest BCUT2D eigenvalue weighted by Gasteiger charge is -2.30. The number of aliphatic carboxylic acids is 1. The fraction of sp³-hybridized carbons (Fsp3) is 0.357. The van der Waals surface area contributed by atoms with E-state index in [1.54, 1.807) is 39.0 Å². The van der Waals surface area contributed by atoms with Crippen LogP contribution in [0.5, 0.6) is 0 Å². The Bertz CT molecular complexity index is 577. The van der Waals surface area contributed by atoms with E-state index in [0.29, 0.717) is 0 Å². The van der Waals surface area contributed by atoms with Gasteiger partial charge in [0.1, 0.15) is 0 Å². The van der Waals surface area contributed by atoms with E-state index in [9.17, 15) is 19.5 Å². The Morgan fingerprint density at radius 3 is 2.26 bits per heavy atom. The van der Waals surface area contributed by atoms with Crippen molar-refractivity contribution in [1.82, 2.24) is 4.90 Å². The van der Waals surface area contributed by atoms with Crippen LogP contribution in [0.4, 0.5) is 0 Å². The lowest BCUT2D eigenvalue weighted by atomic mass is 10.0. The molecule has 0 saturated carbocycles. The number of amides is 2. The van der Waals surface area contributed by atoms with Crippen molar-refractivity contribution in [3.05, 3.63) is 34.9 Å². The van der Waals surface area contributed by atoms with Crippen LogP contribution in [0.2, 0.25) is 0 Å². The molecule has 5 heteroatoms. The van der Waals surface area contributed by atoms with Gasteiger partial charge in [-0.25, -0.2) is 0 Å². The Labute approximate surface area is 110 Å². The fourth-order valence-corrected chi connectivity index (χ4v) is 2.30. The number of aryl methyl sites for hydroxylation is 1. The minimum Gasteiger partial charge on any atom is -0.548 e. The smallest absolute Gasteiger partial charge is 0.262 e. The Kier molecular flexibility index (Phi) is 3.14. The third-order valence-electron chi connectivity index (χ3n) is 3.22. The van der Waals surface area contributed by atoms with Crippen LogP contribution in [0.25, 0.3) is 0 Å². The summed E-state index contributed by atoms with van der Waals surface area (Å²) in [6.07, 6.45) is 0. The van der Waals surface area contributed by atoms with Crippen molar-refractivity contribution >= 4 is 17.8 Å². The highest BCUT2D eigenvalue weighted by Crippen LogP contribution is 2.27. The van der Waals surface area contributed by atoms with Gasteiger partial charge in [-0.15, -0.1) is 0 Å². The predicted molar refractivity (Wildman–Crippen MR) is 65.3 cm³/mol. The topological polar surface area (TPSA) is 77.5 Å². The van der Waals surface area contributed by atoms with Gasteiger partial charge in [0.25, 0.3) is 11.8 Å². The van der Waals surface area contributed by atoms with Gasteiger partial charge in [-0.05, 0) is 25.0 Å². The Hall–Kier alpha value is -2.17. The molecule has 0 radical (unpaired) electrons. The fourth-order valence-electron chi connectivity index (χ4n) is 2.30. The summed E-state index contributed by atoms with van der Waals surface area (Å²) in [5.74, 6) is -2.95. The molecule has 0 fully saturated rings. The summed E-state index contributed by atoms with van der Waals surface area (Å²) >= 11 is 0. The number of hydrogen-bond donors (Lipinski definition) is 0. The van der Waals surface area contributed by atoms with Crippen LogP contribution in [0.15, 0.2) is 18.2 Å². The Morgan fingerprint density at radius 1 is 1.16 bits per heavy atom. The quantitative estimate of drug-likeness (QED) is 0.735. The molecule has 0 unspecified atom stereocenters. The molecule has 1 aromatic rings. The number of carbonyl (C=O) groups excluding carboxylic acids is 3. The highest BCUT2D eigenvalue weighted by atomic mass is 16.4. The second-order valence-electron chi connectivity index (χ2n) is 5.04. The van der Waals surface area contributed by atoms with Crippen molar-refractivity contribution in [2.75, 3.05) is 0 Å². The van der Waals surface area contributed by atoms with Crippen LogP contribution in [-0.4, -0.2) is 28.7 Å². The van der Waals surface area contributed by atoms with E-state index in [1.165, 1.54) is 0 Å². The van der Waals surface area contributed by atoms with Crippen LogP contribution in [0.3, 0.4) is 0 Å². The van der Waals surface area contributed by atoms with Crippen LogP contribution in [-0.2, 0) is 4.79 Å². The number of benzene rings is 1. The first-order valence-electron chi connectivity index (χ1n) is 6.04. The molecule has 1 aliphatic rings. The molecular weight excluding hydrogens is 246 g/mol. The largest absolute Gasteiger partial charge is 0.548 e. The van der Waals surface area contributed by atoms with Crippen molar-refractivity contribution < 1.29 is 19.5 Å². The van der Waals surface area contributed by atoms with Gasteiger partial charge >= 0.3 is 0 Å². The molecule has 0 bridgehead atoms. The monoisotopic (exact) mass is 260 g/mol. The Balaban J connectivity index is 2.50. The maximum absolute atomic E-state index is 12.2. The molecule has 0 saturated heterocycles. The van der Waals surface area contributed by atoms with Crippen molar-refractivity contribution in [3.63, 3.8) is 0 Å². The van der Waals surface area contributed by atoms with Crippen molar-refractivity contribution in [3.8, 4) is 0 Å². The summed E-state index contributed by atoms with van der Waals surface area (Å²) in [4.78, 5) is 36.4. The standard InChI is InChI=1S/C14H15NO4/c1-7(2)11(14(18)19)15-12(16)9-5-4-8(3)6-10(9)13(15)17/h4-7,11H,1-3H3,(H,18,19)/p-1/t11-/m0/s1. The van der Waals surface area contributed by atoms with E-state index >= 15 is 0 Å². The number of rotatable bonds is 3. The molecule has 2 amide bonds. The summed E-state index contributed by atoms with van der Waals surface area (Å²) in [5, 5.41) is 11.2. The highest BCUT2D eigenvalue weighted by molar-refractivity contribution is 6.22. The van der Waals surface area contributed by atoms with Gasteiger partial charge in [0.05, 0.1) is 23.1 Å². The molecule has 0 aromatic heterocycles. The van der Waals surface area contributed by atoms with Gasteiger partial charge in [0.2, 0.25) is 0 Å². The number of hydrogen-bond acceptors (Lipinski definition) is 4. The summed E-state index contributed by atoms with van der Waals surface area (Å²) < 4.78 is 0. The zero-order chi connectivity index (χ0) is 14.3. The average molecular weight is 260 g/mol. The van der Waals surface area contributed by atoms with E-state index in [-0.39, 0.29) is 11.1 Å².